The molecule has 1 atom stereocenters. The van der Waals surface area contributed by atoms with Crippen LogP contribution in [0, 0.1) is 11.3 Å². The maximum Gasteiger partial charge on any atom is 0.317 e. The van der Waals surface area contributed by atoms with Crippen LogP contribution < -0.4 is 11.1 Å². The second-order valence-corrected chi connectivity index (χ2v) is 7.42. The number of esters is 1. The zero-order chi connectivity index (χ0) is 19.4. The standard InChI is InChI=1S/C20H28N4O3/c1-27-18(25)10-11-24-17(12-23-20(24)26)15-6-2-13(3-7-15)14-4-8-16(9-5-14)19(21)22/h4-5,8-9,13,15,17H,2-3,6-7,10-12H2,1H3,(H3,21,22)(H,23,26). The Morgan fingerprint density at radius 1 is 1.26 bits per heavy atom. The Morgan fingerprint density at radius 3 is 2.52 bits per heavy atom. The number of benzene rings is 1. The molecule has 1 aliphatic carbocycles. The van der Waals surface area contributed by atoms with Gasteiger partial charge in [0.2, 0.25) is 0 Å². The van der Waals surface area contributed by atoms with E-state index >= 15 is 0 Å². The van der Waals surface area contributed by atoms with Crippen LogP contribution in [0.4, 0.5) is 4.79 Å². The highest BCUT2D eigenvalue weighted by Crippen LogP contribution is 2.38. The van der Waals surface area contributed by atoms with Crippen molar-refractivity contribution in [2.45, 2.75) is 44.1 Å². The van der Waals surface area contributed by atoms with Crippen LogP contribution in [0.1, 0.15) is 49.1 Å². The first-order chi connectivity index (χ1) is 13.0. The molecule has 1 saturated carbocycles. The minimum absolute atomic E-state index is 0.0779. The molecule has 146 valence electrons. The normalized spacial score (nSPS) is 25.1. The molecule has 2 aliphatic rings. The van der Waals surface area contributed by atoms with Gasteiger partial charge in [0.1, 0.15) is 5.84 Å². The minimum Gasteiger partial charge on any atom is -0.469 e. The third kappa shape index (κ3) is 4.40. The highest BCUT2D eigenvalue weighted by molar-refractivity contribution is 5.94. The van der Waals surface area contributed by atoms with Gasteiger partial charge in [-0.3, -0.25) is 10.2 Å². The molecule has 2 amide bonds. The summed E-state index contributed by atoms with van der Waals surface area (Å²) in [7, 11) is 1.37. The highest BCUT2D eigenvalue weighted by Gasteiger charge is 2.38. The van der Waals surface area contributed by atoms with Crippen LogP contribution in [0.2, 0.25) is 0 Å². The van der Waals surface area contributed by atoms with Crippen molar-refractivity contribution < 1.29 is 14.3 Å². The zero-order valence-electron chi connectivity index (χ0n) is 15.7. The molecule has 0 bridgehead atoms. The molecule has 3 rings (SSSR count). The summed E-state index contributed by atoms with van der Waals surface area (Å²) in [5.41, 5.74) is 7.57. The summed E-state index contributed by atoms with van der Waals surface area (Å²) in [6, 6.07) is 8.06. The number of nitrogens with two attached hydrogens (primary N) is 1. The smallest absolute Gasteiger partial charge is 0.317 e. The molecule has 1 aliphatic heterocycles. The van der Waals surface area contributed by atoms with Crippen molar-refractivity contribution in [1.82, 2.24) is 10.2 Å². The number of methoxy groups -OCH3 is 1. The van der Waals surface area contributed by atoms with Gasteiger partial charge in [-0.05, 0) is 43.1 Å². The van der Waals surface area contributed by atoms with E-state index in [-0.39, 0.29) is 30.3 Å². The van der Waals surface area contributed by atoms with Gasteiger partial charge < -0.3 is 20.7 Å². The number of amidine groups is 1. The van der Waals surface area contributed by atoms with E-state index in [4.69, 9.17) is 15.9 Å². The Hall–Kier alpha value is -2.57. The van der Waals surface area contributed by atoms with Gasteiger partial charge in [0, 0.05) is 18.7 Å². The van der Waals surface area contributed by atoms with Gasteiger partial charge in [-0.15, -0.1) is 0 Å². The number of urea groups is 1. The van der Waals surface area contributed by atoms with E-state index in [1.165, 1.54) is 12.7 Å². The van der Waals surface area contributed by atoms with Crippen LogP contribution >= 0.6 is 0 Å². The molecule has 1 heterocycles. The van der Waals surface area contributed by atoms with E-state index in [1.54, 1.807) is 0 Å². The van der Waals surface area contributed by atoms with Gasteiger partial charge in [-0.1, -0.05) is 24.3 Å². The van der Waals surface area contributed by atoms with Crippen molar-refractivity contribution in [3.05, 3.63) is 35.4 Å². The van der Waals surface area contributed by atoms with E-state index in [9.17, 15) is 9.59 Å². The van der Waals surface area contributed by atoms with Crippen LogP contribution in [-0.2, 0) is 9.53 Å². The lowest BCUT2D eigenvalue weighted by Crippen LogP contribution is -2.41. The number of hydrogen-bond donors (Lipinski definition) is 3. The Bertz CT molecular complexity index is 696. The topological polar surface area (TPSA) is 109 Å². The summed E-state index contributed by atoms with van der Waals surface area (Å²) in [6.07, 6.45) is 4.53. The molecule has 0 radical (unpaired) electrons. The van der Waals surface area contributed by atoms with E-state index in [1.807, 2.05) is 17.0 Å². The average Bonchev–Trinajstić information content (AvgIpc) is 3.06. The van der Waals surface area contributed by atoms with Gasteiger partial charge in [0.25, 0.3) is 0 Å². The molecule has 1 saturated heterocycles. The second-order valence-electron chi connectivity index (χ2n) is 7.42. The van der Waals surface area contributed by atoms with Crippen molar-refractivity contribution in [2.24, 2.45) is 11.7 Å². The van der Waals surface area contributed by atoms with Crippen LogP contribution in [-0.4, -0.2) is 49.0 Å². The van der Waals surface area contributed by atoms with E-state index in [0.29, 0.717) is 24.9 Å². The molecule has 1 unspecified atom stereocenters. The number of nitrogen functional groups attached to an aromatic ring is 1. The summed E-state index contributed by atoms with van der Waals surface area (Å²) < 4.78 is 4.69. The lowest BCUT2D eigenvalue weighted by molar-refractivity contribution is -0.140. The number of rotatable bonds is 6. The molecule has 2 fully saturated rings. The number of hydrogen-bond acceptors (Lipinski definition) is 4. The third-order valence-corrected chi connectivity index (χ3v) is 5.92. The Morgan fingerprint density at radius 2 is 1.93 bits per heavy atom. The molecule has 27 heavy (non-hydrogen) atoms. The Labute approximate surface area is 159 Å². The fourth-order valence-electron chi connectivity index (χ4n) is 4.33. The van der Waals surface area contributed by atoms with Crippen LogP contribution in [0.3, 0.4) is 0 Å². The van der Waals surface area contributed by atoms with Crippen molar-refractivity contribution in [1.29, 1.82) is 5.41 Å². The fraction of sp³-hybridized carbons (Fsp3) is 0.550. The van der Waals surface area contributed by atoms with Gasteiger partial charge in [0.05, 0.1) is 19.6 Å². The quantitative estimate of drug-likeness (QED) is 0.404. The Balaban J connectivity index is 1.56. The number of carbonyl (C=O) groups excluding carboxylic acids is 2. The molecular formula is C20H28N4O3. The fourth-order valence-corrected chi connectivity index (χ4v) is 4.33. The molecule has 0 aromatic heterocycles. The second kappa shape index (κ2) is 8.41. The molecular weight excluding hydrogens is 344 g/mol. The molecule has 7 heteroatoms. The maximum atomic E-state index is 12.1. The molecule has 4 N–H and O–H groups in total. The van der Waals surface area contributed by atoms with Crippen molar-refractivity contribution in [3.63, 3.8) is 0 Å². The lowest BCUT2D eigenvalue weighted by Gasteiger charge is -2.35. The summed E-state index contributed by atoms with van der Waals surface area (Å²) in [4.78, 5) is 25.4. The number of nitrogens with zero attached hydrogens (tertiary/aromatic N) is 1. The summed E-state index contributed by atoms with van der Waals surface area (Å²) in [6.45, 7) is 1.07. The zero-order valence-corrected chi connectivity index (χ0v) is 15.7. The third-order valence-electron chi connectivity index (χ3n) is 5.92. The van der Waals surface area contributed by atoms with Gasteiger partial charge in [-0.25, -0.2) is 4.79 Å². The first-order valence-corrected chi connectivity index (χ1v) is 9.55. The predicted molar refractivity (Wildman–Crippen MR) is 103 cm³/mol. The number of nitrogens with one attached hydrogen (secondary N) is 2. The van der Waals surface area contributed by atoms with Crippen LogP contribution in [0.5, 0.6) is 0 Å². The van der Waals surface area contributed by atoms with Gasteiger partial charge in [-0.2, -0.15) is 0 Å². The highest BCUT2D eigenvalue weighted by atomic mass is 16.5. The van der Waals surface area contributed by atoms with E-state index < -0.39 is 0 Å². The van der Waals surface area contributed by atoms with Crippen LogP contribution in [0.25, 0.3) is 0 Å². The average molecular weight is 372 g/mol. The molecule has 7 nitrogen and oxygen atoms in total. The first kappa shape index (κ1) is 19.2. The number of ether oxygens (including phenoxy) is 1. The molecule has 1 aromatic carbocycles. The summed E-state index contributed by atoms with van der Waals surface area (Å²) in [5.74, 6) is 0.770. The molecule has 0 spiro atoms. The number of amides is 2. The SMILES string of the molecule is COC(=O)CCN1C(=O)NCC1C1CCC(c2ccc(C(=N)N)cc2)CC1. The summed E-state index contributed by atoms with van der Waals surface area (Å²) in [5, 5.41) is 10.4. The number of carbonyl (C=O) groups is 2. The van der Waals surface area contributed by atoms with Crippen molar-refractivity contribution >= 4 is 17.8 Å². The summed E-state index contributed by atoms with van der Waals surface area (Å²) >= 11 is 0. The Kier molecular flexibility index (Phi) is 5.98. The first-order valence-electron chi connectivity index (χ1n) is 9.55. The van der Waals surface area contributed by atoms with Gasteiger partial charge >= 0.3 is 12.0 Å². The van der Waals surface area contributed by atoms with Crippen LogP contribution in [0.15, 0.2) is 24.3 Å². The maximum absolute atomic E-state index is 12.1. The predicted octanol–water partition coefficient (Wildman–Crippen LogP) is 2.20. The largest absolute Gasteiger partial charge is 0.469 e. The van der Waals surface area contributed by atoms with E-state index in [0.717, 1.165) is 31.2 Å². The van der Waals surface area contributed by atoms with E-state index in [2.05, 4.69) is 17.4 Å². The van der Waals surface area contributed by atoms with Crippen molar-refractivity contribution in [2.75, 3.05) is 20.2 Å². The van der Waals surface area contributed by atoms with Gasteiger partial charge in [0.15, 0.2) is 0 Å². The minimum atomic E-state index is -0.286. The monoisotopic (exact) mass is 372 g/mol. The van der Waals surface area contributed by atoms with Crippen molar-refractivity contribution in [3.8, 4) is 0 Å². The molecule has 1 aromatic rings. The lowest BCUT2D eigenvalue weighted by atomic mass is 9.75.